The molecule has 0 spiro atoms. The molecule has 0 atom stereocenters. The third kappa shape index (κ3) is 5.46. The van der Waals surface area contributed by atoms with Crippen molar-refractivity contribution in [3.8, 4) is 5.75 Å². The third-order valence-corrected chi connectivity index (χ3v) is 2.63. The van der Waals surface area contributed by atoms with Crippen LogP contribution in [0, 0.1) is 0 Å². The van der Waals surface area contributed by atoms with Gasteiger partial charge in [-0.25, -0.2) is 0 Å². The van der Waals surface area contributed by atoms with Gasteiger partial charge in [-0.2, -0.15) is 0 Å². The van der Waals surface area contributed by atoms with Gasteiger partial charge in [0, 0.05) is 32.7 Å². The average molecular weight is 282 g/mol. The Hall–Kier alpha value is -1.79. The number of methoxy groups -OCH3 is 1. The summed E-state index contributed by atoms with van der Waals surface area (Å²) in [6.45, 7) is 2.24. The molecule has 0 heterocycles. The molecule has 20 heavy (non-hydrogen) atoms. The first-order valence-electron chi connectivity index (χ1n) is 6.50. The van der Waals surface area contributed by atoms with Crippen LogP contribution >= 0.6 is 0 Å². The number of anilines is 1. The van der Waals surface area contributed by atoms with Crippen LogP contribution in [-0.2, 0) is 9.47 Å². The predicted octanol–water partition coefficient (Wildman–Crippen LogP) is 1.06. The van der Waals surface area contributed by atoms with E-state index in [1.165, 1.54) is 0 Å². The Balaban J connectivity index is 2.37. The van der Waals surface area contributed by atoms with Crippen molar-refractivity contribution in [1.29, 1.82) is 0 Å². The van der Waals surface area contributed by atoms with Crippen LogP contribution in [-0.4, -0.2) is 46.5 Å². The fourth-order valence-corrected chi connectivity index (χ4v) is 1.53. The van der Waals surface area contributed by atoms with E-state index in [0.29, 0.717) is 43.4 Å². The number of nitrogens with one attached hydrogen (secondary N) is 1. The van der Waals surface area contributed by atoms with Crippen molar-refractivity contribution >= 4 is 11.6 Å². The number of amides is 1. The number of nitrogens with two attached hydrogens (primary N) is 1. The Bertz CT molecular complexity index is 424. The molecule has 0 fully saturated rings. The van der Waals surface area contributed by atoms with Gasteiger partial charge in [0.15, 0.2) is 0 Å². The summed E-state index contributed by atoms with van der Waals surface area (Å²) < 4.78 is 15.8. The smallest absolute Gasteiger partial charge is 0.251 e. The number of ether oxygens (including phenoxy) is 3. The monoisotopic (exact) mass is 282 g/mol. The van der Waals surface area contributed by atoms with Gasteiger partial charge in [-0.05, 0) is 18.2 Å². The van der Waals surface area contributed by atoms with Crippen LogP contribution in [0.5, 0.6) is 5.75 Å². The summed E-state index contributed by atoms with van der Waals surface area (Å²) >= 11 is 0. The van der Waals surface area contributed by atoms with Gasteiger partial charge in [-0.3, -0.25) is 4.79 Å². The summed E-state index contributed by atoms with van der Waals surface area (Å²) in [7, 11) is 3.21. The van der Waals surface area contributed by atoms with Gasteiger partial charge >= 0.3 is 0 Å². The van der Waals surface area contributed by atoms with E-state index in [0.717, 1.165) is 6.42 Å². The summed E-state index contributed by atoms with van der Waals surface area (Å²) in [4.78, 5) is 11.5. The highest BCUT2D eigenvalue weighted by molar-refractivity contribution is 5.95. The number of benzene rings is 1. The number of carbonyl (C=O) groups excluding carboxylic acids is 1. The number of hydrogen-bond acceptors (Lipinski definition) is 5. The molecular formula is C14H22N2O4. The minimum absolute atomic E-state index is 0.169. The lowest BCUT2D eigenvalue weighted by molar-refractivity contribution is 0.0644. The molecule has 0 aromatic heterocycles. The third-order valence-electron chi connectivity index (χ3n) is 2.63. The van der Waals surface area contributed by atoms with Gasteiger partial charge in [0.1, 0.15) is 5.75 Å². The Labute approximate surface area is 119 Å². The van der Waals surface area contributed by atoms with E-state index in [1.807, 2.05) is 0 Å². The fourth-order valence-electron chi connectivity index (χ4n) is 1.53. The zero-order chi connectivity index (χ0) is 14.8. The highest BCUT2D eigenvalue weighted by Gasteiger charge is 2.07. The van der Waals surface area contributed by atoms with Crippen LogP contribution in [0.2, 0.25) is 0 Å². The maximum atomic E-state index is 11.5. The average Bonchev–Trinajstić information content (AvgIpc) is 2.47. The van der Waals surface area contributed by atoms with Crippen molar-refractivity contribution in [2.75, 3.05) is 46.3 Å². The summed E-state index contributed by atoms with van der Waals surface area (Å²) in [6.07, 6.45) is 0.743. The minimum atomic E-state index is -0.169. The molecule has 0 bridgehead atoms. The van der Waals surface area contributed by atoms with Crippen molar-refractivity contribution in [3.05, 3.63) is 23.8 Å². The summed E-state index contributed by atoms with van der Waals surface area (Å²) in [6, 6.07) is 4.96. The van der Waals surface area contributed by atoms with Crippen molar-refractivity contribution in [1.82, 2.24) is 5.32 Å². The topological polar surface area (TPSA) is 82.8 Å². The van der Waals surface area contributed by atoms with Crippen LogP contribution in [0.25, 0.3) is 0 Å². The van der Waals surface area contributed by atoms with Crippen LogP contribution in [0.15, 0.2) is 18.2 Å². The largest absolute Gasteiger partial charge is 0.491 e. The van der Waals surface area contributed by atoms with Crippen molar-refractivity contribution in [2.24, 2.45) is 0 Å². The van der Waals surface area contributed by atoms with Crippen molar-refractivity contribution in [2.45, 2.75) is 6.42 Å². The van der Waals surface area contributed by atoms with E-state index >= 15 is 0 Å². The van der Waals surface area contributed by atoms with E-state index in [4.69, 9.17) is 19.9 Å². The van der Waals surface area contributed by atoms with E-state index in [9.17, 15) is 4.79 Å². The molecule has 1 aromatic rings. The first-order chi connectivity index (χ1) is 9.69. The Morgan fingerprint density at radius 3 is 2.75 bits per heavy atom. The molecule has 0 radical (unpaired) electrons. The highest BCUT2D eigenvalue weighted by Crippen LogP contribution is 2.22. The first-order valence-corrected chi connectivity index (χ1v) is 6.50. The van der Waals surface area contributed by atoms with E-state index in [2.05, 4.69) is 5.32 Å². The quantitative estimate of drug-likeness (QED) is 0.523. The SMILES string of the molecule is CNC(=O)c1ccc(N)c(OCCCOCCOC)c1. The molecule has 112 valence electrons. The number of hydrogen-bond donors (Lipinski definition) is 2. The van der Waals surface area contributed by atoms with Crippen molar-refractivity contribution < 1.29 is 19.0 Å². The molecule has 0 saturated heterocycles. The predicted molar refractivity (Wildman–Crippen MR) is 77.1 cm³/mol. The Morgan fingerprint density at radius 1 is 1.25 bits per heavy atom. The molecule has 0 aliphatic heterocycles. The van der Waals surface area contributed by atoms with E-state index < -0.39 is 0 Å². The molecule has 1 amide bonds. The molecule has 3 N–H and O–H groups in total. The lowest BCUT2D eigenvalue weighted by atomic mass is 10.2. The second-order valence-electron chi connectivity index (χ2n) is 4.14. The van der Waals surface area contributed by atoms with E-state index in [1.54, 1.807) is 32.4 Å². The second kappa shape index (κ2) is 9.17. The minimum Gasteiger partial charge on any atom is -0.491 e. The van der Waals surface area contributed by atoms with Crippen LogP contribution in [0.3, 0.4) is 0 Å². The lowest BCUT2D eigenvalue weighted by Gasteiger charge is -2.10. The van der Waals surface area contributed by atoms with Crippen molar-refractivity contribution in [3.63, 3.8) is 0 Å². The Morgan fingerprint density at radius 2 is 2.05 bits per heavy atom. The first kappa shape index (κ1) is 16.3. The zero-order valence-electron chi connectivity index (χ0n) is 12.0. The highest BCUT2D eigenvalue weighted by atomic mass is 16.5. The maximum absolute atomic E-state index is 11.5. The molecule has 0 aliphatic carbocycles. The van der Waals surface area contributed by atoms with Gasteiger partial charge in [-0.1, -0.05) is 0 Å². The standard InChI is InChI=1S/C14H22N2O4/c1-16-14(17)11-4-5-12(15)13(10-11)20-7-3-6-19-9-8-18-2/h4-5,10H,3,6-9,15H2,1-2H3,(H,16,17). The number of rotatable bonds is 9. The Kier molecular flexibility index (Phi) is 7.46. The maximum Gasteiger partial charge on any atom is 0.251 e. The normalized spacial score (nSPS) is 10.3. The van der Waals surface area contributed by atoms with Gasteiger partial charge in [0.2, 0.25) is 0 Å². The second-order valence-corrected chi connectivity index (χ2v) is 4.14. The van der Waals surface area contributed by atoms with Crippen LogP contribution in [0.1, 0.15) is 16.8 Å². The van der Waals surface area contributed by atoms with E-state index in [-0.39, 0.29) is 5.91 Å². The molecule has 6 heteroatoms. The van der Waals surface area contributed by atoms with Gasteiger partial charge in [0.05, 0.1) is 25.5 Å². The molecule has 0 unspecified atom stereocenters. The number of nitrogen functional groups attached to an aromatic ring is 1. The molecule has 1 rings (SSSR count). The summed E-state index contributed by atoms with van der Waals surface area (Å²) in [5, 5.41) is 2.56. The van der Waals surface area contributed by atoms with Gasteiger partial charge in [0.25, 0.3) is 5.91 Å². The molecule has 6 nitrogen and oxygen atoms in total. The van der Waals surface area contributed by atoms with Gasteiger partial charge in [-0.15, -0.1) is 0 Å². The van der Waals surface area contributed by atoms with Crippen LogP contribution < -0.4 is 15.8 Å². The molecular weight excluding hydrogens is 260 g/mol. The number of carbonyl (C=O) groups is 1. The molecule has 0 aliphatic rings. The van der Waals surface area contributed by atoms with Gasteiger partial charge < -0.3 is 25.3 Å². The zero-order valence-corrected chi connectivity index (χ0v) is 12.0. The molecule has 0 saturated carbocycles. The fraction of sp³-hybridized carbons (Fsp3) is 0.500. The molecule has 1 aromatic carbocycles. The lowest BCUT2D eigenvalue weighted by Crippen LogP contribution is -2.18. The summed E-state index contributed by atoms with van der Waals surface area (Å²) in [5.41, 5.74) is 6.84. The van der Waals surface area contributed by atoms with Crippen LogP contribution in [0.4, 0.5) is 5.69 Å². The summed E-state index contributed by atoms with van der Waals surface area (Å²) in [5.74, 6) is 0.348.